The van der Waals surface area contributed by atoms with Crippen LogP contribution in [0.5, 0.6) is 0 Å². The van der Waals surface area contributed by atoms with Gasteiger partial charge in [-0.2, -0.15) is 30.9 Å². The SMILES string of the molecule is COC(=O)c1ccc(-c2nc(Cl)ncc2Cl)cn1.COC(=O)c1ccc(-c2nc(Nc3cnn(C4CC4)c3)ncc2Cl)cn1.COC(=O)c1ccc(B2OC(C)(C)C(C)(C)O2)cn1.Cl.Clc1ncc(Cl)c(Cl)n1.N#CCCC(=O)c1ccc(-c2nc(Nc3cnn(C4CC4)c3)ncc2Cl)cn1.N#CCN.Nc1cnn(C2CC2)c1.O.O=C(O)c1ccc(-c2nc(Nc3cnn(C4CC4)c3)ncc2Cl)cn1.[Li+].[OH-]. The van der Waals surface area contributed by atoms with Gasteiger partial charge in [0.25, 0.3) is 0 Å². The van der Waals surface area contributed by atoms with E-state index in [1.165, 1.54) is 95.9 Å². The molecule has 0 unspecified atom stereocenters. The maximum absolute atomic E-state index is 11.9. The molecule has 15 heterocycles. The van der Waals surface area contributed by atoms with Gasteiger partial charge in [0.2, 0.25) is 28.4 Å². The van der Waals surface area contributed by atoms with Crippen molar-refractivity contribution in [2.45, 2.75) is 127 Å². The molecule has 43 nitrogen and oxygen atoms in total. The standard InChI is InChI=1S/C19H16ClN7O.C17H15ClN6O2.C16H13ClN6O2.C13H18BNO4.C11H7Cl2N3O2.C6H9N3.C4HCl3N2.C2H4N2.ClH.Li.2H2O/c20-15-10-23-19(25-13-9-24-27(11-13)14-4-5-14)26-18(15)12-3-6-16(22-8-12)17(28)2-1-7-21;1-26-16(25)14-5-2-10(6-19-14)15-13(18)8-20-17(23-15)22-11-7-21-24(9-11)12-3-4-12;17-12-7-19-16(21-10-6-20-23(8-10)11-2-3-11)22-14(12)9-1-4-13(15(24)25)18-5-9;1-12(2)13(3,4)19-14(18-12)9-6-7-10(15-8-9)11(16)17-5;1-18-10(17)8-3-2-6(4-14-8)9-7(12)5-15-11(13)16-9;7-5-3-8-9(4-5)6-1-2-6;5-2-1-8-4(7)9-3(2)6;3-1-2-4;;;;/h3,6,8-11,14H,1-2,4-5H2,(H,23,25,26);2,5-9,12H,3-4H2,1H3,(H,20,22,23);1,4-8,11H,2-3H2,(H,24,25)(H,19,21,22);6-8H,1-5H3;2-5H,1H3;3-4,6H,1-2,7H2;1H;1,3H2;1H;;2*1H2/q;;;;;;;;;+1;;/p-1. The van der Waals surface area contributed by atoms with Crippen LogP contribution in [0.2, 0.25) is 40.8 Å². The third-order valence-corrected chi connectivity index (χ3v) is 22.3. The number of anilines is 7. The minimum absolute atomic E-state index is 0. The number of nitrogens with one attached hydrogen (secondary N) is 3. The molecule has 0 bridgehead atoms. The molecule has 734 valence electrons. The molecule has 14 aromatic rings. The van der Waals surface area contributed by atoms with Gasteiger partial charge in [0.05, 0.1) is 202 Å². The molecular formula is C88H87BCl9LiN30O13. The van der Waals surface area contributed by atoms with E-state index in [0.29, 0.717) is 118 Å². The summed E-state index contributed by atoms with van der Waals surface area (Å²) in [5.41, 5.74) is 18.8. The molecule has 4 saturated carbocycles. The zero-order valence-electron chi connectivity index (χ0n) is 76.6. The van der Waals surface area contributed by atoms with E-state index in [2.05, 4.69) is 131 Å². The van der Waals surface area contributed by atoms with E-state index in [-0.39, 0.29) is 106 Å². The first-order valence-corrected chi connectivity index (χ1v) is 44.7. The molecular weight excluding hydrogens is 2020 g/mol. The molecule has 142 heavy (non-hydrogen) atoms. The number of carboxylic acid groups (broad SMARTS) is 1. The molecule has 54 heteroatoms. The van der Waals surface area contributed by atoms with Gasteiger partial charge in [0.1, 0.15) is 28.5 Å². The van der Waals surface area contributed by atoms with Gasteiger partial charge in [0.15, 0.2) is 10.9 Å². The van der Waals surface area contributed by atoms with Crippen LogP contribution in [-0.2, 0) is 23.5 Å². The third kappa shape index (κ3) is 32.7. The molecule has 1 saturated heterocycles. The Balaban J connectivity index is 0.000000206. The molecule has 1 aliphatic heterocycles. The van der Waals surface area contributed by atoms with Crippen molar-refractivity contribution in [3.8, 4) is 57.2 Å². The van der Waals surface area contributed by atoms with Crippen LogP contribution in [0.15, 0.2) is 172 Å². The molecule has 4 aliphatic carbocycles. The van der Waals surface area contributed by atoms with Crippen LogP contribution in [0, 0.1) is 22.7 Å². The number of carboxylic acids is 1. The van der Waals surface area contributed by atoms with E-state index in [1.54, 1.807) is 91.8 Å². The van der Waals surface area contributed by atoms with E-state index < -0.39 is 42.2 Å². The van der Waals surface area contributed by atoms with Gasteiger partial charge in [-0.3, -0.25) is 28.5 Å². The van der Waals surface area contributed by atoms with Crippen molar-refractivity contribution in [2.24, 2.45) is 5.73 Å². The molecule has 14 aromatic heterocycles. The van der Waals surface area contributed by atoms with E-state index in [1.807, 2.05) is 77.3 Å². The summed E-state index contributed by atoms with van der Waals surface area (Å²) < 4.78 is 33.3. The van der Waals surface area contributed by atoms with E-state index >= 15 is 0 Å². The average molecular weight is 2110 g/mol. The summed E-state index contributed by atoms with van der Waals surface area (Å²) in [6.45, 7) is 8.08. The van der Waals surface area contributed by atoms with Crippen molar-refractivity contribution in [2.75, 3.05) is 49.6 Å². The molecule has 0 aromatic carbocycles. The number of nitrogens with two attached hydrogens (primary N) is 2. The summed E-state index contributed by atoms with van der Waals surface area (Å²) in [5.74, 6) is -1.56. The van der Waals surface area contributed by atoms with Gasteiger partial charge in [-0.1, -0.05) is 75.7 Å². The number of nitrogen functional groups attached to an aromatic ring is 1. The number of nitrogens with zero attached hydrogens (tertiary/aromatic N) is 25. The Kier molecular flexibility index (Phi) is 43.0. The van der Waals surface area contributed by atoms with Crippen LogP contribution >= 0.6 is 105 Å². The van der Waals surface area contributed by atoms with Crippen molar-refractivity contribution >= 4 is 188 Å². The second kappa shape index (κ2) is 53.6. The number of rotatable bonds is 22. The second-order valence-electron chi connectivity index (χ2n) is 31.0. The van der Waals surface area contributed by atoms with Crippen LogP contribution in [0.3, 0.4) is 0 Å². The number of carbonyl (C=O) groups excluding carboxylic acids is 4. The molecule has 11 N–H and O–H groups in total. The Hall–Kier alpha value is -13.2. The number of Topliss-reactive ketones (excluding diaryl/α,β-unsaturated/α-hetero) is 1. The minimum atomic E-state index is -1.09. The van der Waals surface area contributed by atoms with Crippen LogP contribution in [0.25, 0.3) is 45.0 Å². The van der Waals surface area contributed by atoms with Crippen molar-refractivity contribution in [3.63, 3.8) is 0 Å². The number of hydrogen-bond donors (Lipinski definition) is 6. The molecule has 0 atom stereocenters. The number of esters is 3. The predicted molar refractivity (Wildman–Crippen MR) is 527 cm³/mol. The number of methoxy groups -OCH3 is 3. The summed E-state index contributed by atoms with van der Waals surface area (Å²) in [4.78, 5) is 118. The third-order valence-electron chi connectivity index (χ3n) is 20.2. The Labute approximate surface area is 869 Å². The van der Waals surface area contributed by atoms with Gasteiger partial charge in [-0.05, 0) is 157 Å². The maximum Gasteiger partial charge on any atom is 1.00 e. The number of nitriles is 2. The Bertz CT molecular complexity index is 6690. The summed E-state index contributed by atoms with van der Waals surface area (Å²) in [5, 5.41) is 53.5. The quantitative estimate of drug-likeness (QED) is 0.00698. The number of hydrogen-bond acceptors (Lipinski definition) is 37. The predicted octanol–water partition coefficient (Wildman–Crippen LogP) is 13.3. The summed E-state index contributed by atoms with van der Waals surface area (Å²) in [6, 6.07) is 22.0. The zero-order valence-corrected chi connectivity index (χ0v) is 83.4. The Morgan fingerprint density at radius 3 is 1.06 bits per heavy atom. The van der Waals surface area contributed by atoms with E-state index in [9.17, 15) is 24.0 Å². The molecule has 0 spiro atoms. The molecule has 19 rings (SSSR count). The first-order chi connectivity index (χ1) is 66.2. The number of aromatic carboxylic acids is 1. The summed E-state index contributed by atoms with van der Waals surface area (Å²) in [7, 11) is 3.46. The monoisotopic (exact) mass is 2100 g/mol. The number of ether oxygens (including phenoxy) is 3. The van der Waals surface area contributed by atoms with E-state index in [4.69, 9.17) is 123 Å². The molecule has 5 fully saturated rings. The van der Waals surface area contributed by atoms with Gasteiger partial charge in [0, 0.05) is 96.3 Å². The maximum atomic E-state index is 11.9. The Morgan fingerprint density at radius 1 is 0.444 bits per heavy atom. The van der Waals surface area contributed by atoms with Gasteiger partial charge in [-0.25, -0.2) is 89.0 Å². The number of halogens is 9. The topological polar surface area (TPSA) is 614 Å². The van der Waals surface area contributed by atoms with Crippen molar-refractivity contribution in [1.29, 1.82) is 10.5 Å². The van der Waals surface area contributed by atoms with Gasteiger partial charge < -0.3 is 67.0 Å². The molecule has 5 aliphatic rings. The van der Waals surface area contributed by atoms with Crippen molar-refractivity contribution < 1.29 is 82.4 Å². The number of ketones is 1. The fraction of sp³-hybridized carbons (Fsp3) is 0.273. The minimum Gasteiger partial charge on any atom is -0.870 e. The van der Waals surface area contributed by atoms with Crippen molar-refractivity contribution in [3.05, 3.63) is 242 Å². The Morgan fingerprint density at radius 2 is 0.761 bits per heavy atom. The molecule has 0 radical (unpaired) electrons. The smallest absolute Gasteiger partial charge is 0.870 e. The van der Waals surface area contributed by atoms with Gasteiger partial charge >= 0.3 is 49.9 Å². The van der Waals surface area contributed by atoms with Crippen LogP contribution in [0.1, 0.15) is 169 Å². The van der Waals surface area contributed by atoms with Crippen LogP contribution < -0.4 is 51.7 Å². The van der Waals surface area contributed by atoms with Gasteiger partial charge in [-0.15, -0.1) is 12.4 Å². The number of pyridine rings is 5. The fourth-order valence-electron chi connectivity index (χ4n) is 11.8. The number of aromatic nitrogens is 23. The largest absolute Gasteiger partial charge is 1.00 e. The summed E-state index contributed by atoms with van der Waals surface area (Å²) in [6.07, 6.45) is 39.2. The number of carbonyl (C=O) groups is 5. The summed E-state index contributed by atoms with van der Waals surface area (Å²) >= 11 is 46.6. The molecule has 0 amide bonds. The first kappa shape index (κ1) is 114. The van der Waals surface area contributed by atoms with E-state index in [0.717, 1.165) is 66.7 Å². The van der Waals surface area contributed by atoms with Crippen LogP contribution in [-0.4, -0.2) is 206 Å². The fourth-order valence-corrected chi connectivity index (χ4v) is 13.1. The first-order valence-electron chi connectivity index (χ1n) is 41.7. The average Bonchev–Trinajstić information content (AvgIpc) is 1.62. The van der Waals surface area contributed by atoms with Crippen LogP contribution in [0.4, 0.5) is 40.6 Å². The van der Waals surface area contributed by atoms with Crippen molar-refractivity contribution in [1.82, 2.24) is 114 Å². The second-order valence-corrected chi connectivity index (χ2v) is 34.1. The zero-order chi connectivity index (χ0) is 98.9. The normalized spacial score (nSPS) is 13.4.